The third kappa shape index (κ3) is 6.52. The molecule has 0 saturated carbocycles. The van der Waals surface area contributed by atoms with Crippen LogP contribution in [0.1, 0.15) is 19.4 Å². The van der Waals surface area contributed by atoms with Gasteiger partial charge in [-0.1, -0.05) is 18.2 Å². The van der Waals surface area contributed by atoms with E-state index < -0.39 is 43.4 Å². The second-order valence-electron chi connectivity index (χ2n) is 7.26. The second kappa shape index (κ2) is 10.8. The van der Waals surface area contributed by atoms with Crippen LogP contribution in [0.2, 0.25) is 0 Å². The number of ether oxygens (including phenoxy) is 3. The van der Waals surface area contributed by atoms with Crippen LogP contribution in [-0.2, 0) is 23.6 Å². The number of carbonyl (C=O) groups is 1. The largest absolute Gasteiger partial charge is 0.465 e. The van der Waals surface area contributed by atoms with Gasteiger partial charge in [-0.2, -0.15) is 0 Å². The number of nitrogens with zero attached hydrogens (tertiary/aromatic N) is 1. The number of rotatable bonds is 10. The van der Waals surface area contributed by atoms with Crippen molar-refractivity contribution in [2.24, 2.45) is 0 Å². The highest BCUT2D eigenvalue weighted by Crippen LogP contribution is 2.44. The molecule has 1 aromatic carbocycles. The van der Waals surface area contributed by atoms with Gasteiger partial charge in [0.1, 0.15) is 11.8 Å². The predicted octanol–water partition coefficient (Wildman–Crippen LogP) is 1.83. The zero-order chi connectivity index (χ0) is 24.0. The molecule has 3 rings (SSSR count). The summed E-state index contributed by atoms with van der Waals surface area (Å²) in [5.74, 6) is -0.256. The Morgan fingerprint density at radius 3 is 2.76 bits per heavy atom. The Morgan fingerprint density at radius 2 is 2.06 bits per heavy atom. The first-order valence-corrected chi connectivity index (χ1v) is 12.1. The average molecular weight is 479 g/mol. The summed E-state index contributed by atoms with van der Waals surface area (Å²) in [5.41, 5.74) is -0.262. The topological polar surface area (TPSA) is 138 Å². The molecule has 3 atom stereocenters. The number of hydrogen-bond acceptors (Lipinski definition) is 8. The summed E-state index contributed by atoms with van der Waals surface area (Å²) in [4.78, 5) is 37.9. The summed E-state index contributed by atoms with van der Waals surface area (Å²) >= 11 is 0. The lowest BCUT2D eigenvalue weighted by Crippen LogP contribution is -2.35. The number of esters is 1. The van der Waals surface area contributed by atoms with Crippen LogP contribution in [0.3, 0.4) is 0 Å². The Balaban J connectivity index is 1.74. The van der Waals surface area contributed by atoms with Crippen LogP contribution in [0.5, 0.6) is 5.75 Å². The number of para-hydroxylation sites is 1. The van der Waals surface area contributed by atoms with E-state index >= 15 is 0 Å². The van der Waals surface area contributed by atoms with Crippen LogP contribution < -0.4 is 20.9 Å². The van der Waals surface area contributed by atoms with E-state index in [1.165, 1.54) is 23.8 Å². The minimum absolute atomic E-state index is 0.0343. The molecule has 11 nitrogen and oxygen atoms in total. The lowest BCUT2D eigenvalue weighted by Gasteiger charge is -2.24. The van der Waals surface area contributed by atoms with Crippen molar-refractivity contribution >= 4 is 19.2 Å². The number of hydrogen-bond donors (Lipinski definition) is 2. The molecular weight excluding hydrogens is 453 g/mol. The van der Waals surface area contributed by atoms with Gasteiger partial charge < -0.3 is 18.7 Å². The van der Waals surface area contributed by atoms with E-state index in [9.17, 15) is 18.9 Å². The number of nitrogens with one attached hydrogen (secondary N) is 2. The zero-order valence-corrected chi connectivity index (χ0v) is 19.4. The highest BCUT2D eigenvalue weighted by Gasteiger charge is 2.32. The quantitative estimate of drug-likeness (QED) is 0.386. The molecule has 0 amide bonds. The van der Waals surface area contributed by atoms with Gasteiger partial charge >= 0.3 is 19.2 Å². The standard InChI is InChI=1S/C21H26N3O8P/c1-4-29-20(26)15(3)23-33(28,32-17-8-6-5-7-9-17)13-31-18-10-16(12-30-18)24-11-14(2)19(25)22-21(24)27/h5-11,15,18H,4,12-13H2,1-3H3,(H,23,28)(H,22,25,27)/t15-,18+,33?/m0/s1. The van der Waals surface area contributed by atoms with Crippen molar-refractivity contribution in [3.05, 3.63) is 69.0 Å². The predicted molar refractivity (Wildman–Crippen MR) is 120 cm³/mol. The molecule has 1 aromatic heterocycles. The monoisotopic (exact) mass is 479 g/mol. The lowest BCUT2D eigenvalue weighted by molar-refractivity contribution is -0.144. The summed E-state index contributed by atoms with van der Waals surface area (Å²) in [7, 11) is -3.74. The minimum atomic E-state index is -3.74. The SMILES string of the molecule is CCOC(=O)[C@H](C)NP(=O)(CO[C@@H]1C=C(n2cc(C)c(=O)[nH]c2=O)CO1)Oc1ccccc1. The van der Waals surface area contributed by atoms with Crippen molar-refractivity contribution in [2.75, 3.05) is 19.6 Å². The lowest BCUT2D eigenvalue weighted by atomic mass is 10.3. The van der Waals surface area contributed by atoms with Crippen LogP contribution in [0.4, 0.5) is 0 Å². The number of H-pyrrole nitrogens is 1. The van der Waals surface area contributed by atoms with Crippen LogP contribution in [0.15, 0.2) is 52.2 Å². The van der Waals surface area contributed by atoms with Crippen LogP contribution in [0, 0.1) is 6.92 Å². The Bertz CT molecular complexity index is 1170. The summed E-state index contributed by atoms with van der Waals surface area (Å²) in [5, 5.41) is 2.68. The van der Waals surface area contributed by atoms with Gasteiger partial charge in [0.2, 0.25) is 0 Å². The van der Waals surface area contributed by atoms with Gasteiger partial charge in [-0.3, -0.25) is 23.7 Å². The van der Waals surface area contributed by atoms with Crippen molar-refractivity contribution in [1.29, 1.82) is 0 Å². The first-order valence-electron chi connectivity index (χ1n) is 10.3. The molecule has 2 aromatic rings. The molecular formula is C21H26N3O8P. The molecule has 0 aliphatic carbocycles. The first kappa shape index (κ1) is 24.7. The summed E-state index contributed by atoms with van der Waals surface area (Å²) in [6.45, 7) is 4.97. The molecule has 2 N–H and O–H groups in total. The fourth-order valence-electron chi connectivity index (χ4n) is 2.98. The molecule has 0 spiro atoms. The van der Waals surface area contributed by atoms with Crippen molar-refractivity contribution in [3.63, 3.8) is 0 Å². The molecule has 0 fully saturated rings. The number of benzene rings is 1. The fraction of sp³-hybridized carbons (Fsp3) is 0.381. The summed E-state index contributed by atoms with van der Waals surface area (Å²) < 4.78 is 36.5. The van der Waals surface area contributed by atoms with Crippen molar-refractivity contribution < 1.29 is 28.1 Å². The molecule has 33 heavy (non-hydrogen) atoms. The number of carbonyl (C=O) groups excluding carboxylic acids is 1. The number of aryl methyl sites for hydroxylation is 1. The van der Waals surface area contributed by atoms with E-state index in [1.54, 1.807) is 44.2 Å². The van der Waals surface area contributed by atoms with E-state index in [2.05, 4.69) is 10.1 Å². The van der Waals surface area contributed by atoms with Crippen molar-refractivity contribution in [1.82, 2.24) is 14.6 Å². The Kier molecular flexibility index (Phi) is 8.04. The molecule has 178 valence electrons. The van der Waals surface area contributed by atoms with Crippen LogP contribution in [-0.4, -0.2) is 47.4 Å². The highest BCUT2D eigenvalue weighted by atomic mass is 31.2. The number of aromatic nitrogens is 2. The molecule has 1 aliphatic rings. The summed E-state index contributed by atoms with van der Waals surface area (Å²) in [6, 6.07) is 7.54. The van der Waals surface area contributed by atoms with Gasteiger partial charge in [-0.05, 0) is 39.0 Å². The van der Waals surface area contributed by atoms with E-state index in [4.69, 9.17) is 18.7 Å². The molecule has 0 saturated heterocycles. The van der Waals surface area contributed by atoms with Gasteiger partial charge in [0, 0.05) is 11.8 Å². The average Bonchev–Trinajstić information content (AvgIpc) is 3.24. The Labute approximate surface area is 189 Å². The van der Waals surface area contributed by atoms with E-state index in [1.807, 2.05) is 0 Å². The maximum Gasteiger partial charge on any atom is 0.342 e. The van der Waals surface area contributed by atoms with Crippen LogP contribution in [0.25, 0.3) is 5.70 Å². The van der Waals surface area contributed by atoms with Gasteiger partial charge in [0.15, 0.2) is 12.6 Å². The second-order valence-corrected chi connectivity index (χ2v) is 9.30. The molecule has 12 heteroatoms. The first-order chi connectivity index (χ1) is 15.7. The van der Waals surface area contributed by atoms with Gasteiger partial charge in [-0.25, -0.2) is 9.88 Å². The summed E-state index contributed by atoms with van der Waals surface area (Å²) in [6.07, 6.45) is 1.58. The molecule has 1 aliphatic heterocycles. The fourth-order valence-corrected chi connectivity index (χ4v) is 4.66. The normalized spacial score (nSPS) is 18.3. The van der Waals surface area contributed by atoms with Crippen molar-refractivity contribution in [2.45, 2.75) is 33.1 Å². The Hall–Kier alpha value is -2.98. The third-order valence-corrected chi connectivity index (χ3v) is 6.36. The molecule has 2 heterocycles. The van der Waals surface area contributed by atoms with Gasteiger partial charge in [-0.15, -0.1) is 0 Å². The smallest absolute Gasteiger partial charge is 0.342 e. The minimum Gasteiger partial charge on any atom is -0.465 e. The van der Waals surface area contributed by atoms with Crippen molar-refractivity contribution in [3.8, 4) is 5.75 Å². The highest BCUT2D eigenvalue weighted by molar-refractivity contribution is 7.57. The van der Waals surface area contributed by atoms with Gasteiger partial charge in [0.25, 0.3) is 5.56 Å². The Morgan fingerprint density at radius 1 is 1.33 bits per heavy atom. The maximum atomic E-state index is 13.5. The van der Waals surface area contributed by atoms with Gasteiger partial charge in [0.05, 0.1) is 18.9 Å². The van der Waals surface area contributed by atoms with E-state index in [0.717, 1.165) is 0 Å². The molecule has 0 radical (unpaired) electrons. The zero-order valence-electron chi connectivity index (χ0n) is 18.5. The molecule has 1 unspecified atom stereocenters. The van der Waals surface area contributed by atoms with Crippen LogP contribution >= 0.6 is 7.52 Å². The maximum absolute atomic E-state index is 13.5. The van der Waals surface area contributed by atoms with E-state index in [0.29, 0.717) is 17.0 Å². The molecule has 0 bridgehead atoms. The van der Waals surface area contributed by atoms with E-state index in [-0.39, 0.29) is 13.2 Å². The third-order valence-electron chi connectivity index (χ3n) is 4.59. The number of aromatic amines is 1.